The fourth-order valence-corrected chi connectivity index (χ4v) is 3.41. The smallest absolute Gasteiger partial charge is 0.250 e. The summed E-state index contributed by atoms with van der Waals surface area (Å²) in [6.07, 6.45) is 4.37. The number of carbonyl (C=O) groups excluding carboxylic acids is 1. The first-order valence-electron chi connectivity index (χ1n) is 9.27. The lowest BCUT2D eigenvalue weighted by Gasteiger charge is -2.23. The van der Waals surface area contributed by atoms with E-state index in [2.05, 4.69) is 24.1 Å². The summed E-state index contributed by atoms with van der Waals surface area (Å²) in [6, 6.07) is 12.1. The quantitative estimate of drug-likeness (QED) is 0.620. The van der Waals surface area contributed by atoms with E-state index in [-0.39, 0.29) is 11.9 Å². The Bertz CT molecular complexity index is 971. The molecule has 3 N–H and O–H groups in total. The minimum atomic E-state index is -0.501. The third kappa shape index (κ3) is 3.92. The van der Waals surface area contributed by atoms with Crippen molar-refractivity contribution in [3.63, 3.8) is 0 Å². The molecule has 0 bridgehead atoms. The van der Waals surface area contributed by atoms with Crippen molar-refractivity contribution in [3.8, 4) is 0 Å². The van der Waals surface area contributed by atoms with E-state index in [1.807, 2.05) is 18.2 Å². The van der Waals surface area contributed by atoms with Crippen LogP contribution in [0.3, 0.4) is 0 Å². The zero-order chi connectivity index (χ0) is 19.4. The lowest BCUT2D eigenvalue weighted by molar-refractivity contribution is 0.100. The van der Waals surface area contributed by atoms with E-state index in [1.165, 1.54) is 6.07 Å². The molecule has 0 saturated heterocycles. The summed E-state index contributed by atoms with van der Waals surface area (Å²) in [5.74, 6) is -0.750. The first-order valence-corrected chi connectivity index (χ1v) is 9.27. The number of aromatic nitrogens is 1. The Morgan fingerprint density at radius 1 is 1.22 bits per heavy atom. The zero-order valence-corrected chi connectivity index (χ0v) is 15.6. The average Bonchev–Trinajstić information content (AvgIpc) is 2.67. The molecule has 0 spiro atoms. The number of amides is 1. The molecule has 3 rings (SSSR count). The zero-order valence-electron chi connectivity index (χ0n) is 15.6. The maximum absolute atomic E-state index is 13.8. The molecule has 3 aromatic rings. The fraction of sp³-hybridized carbons (Fsp3) is 0.273. The summed E-state index contributed by atoms with van der Waals surface area (Å²) in [7, 11) is 0. The number of nitrogens with one attached hydrogen (secondary N) is 1. The third-order valence-corrected chi connectivity index (χ3v) is 4.77. The number of primary amides is 1. The Balaban J connectivity index is 2.13. The molecule has 0 aliphatic rings. The number of hydrogen-bond acceptors (Lipinski definition) is 3. The van der Waals surface area contributed by atoms with Crippen LogP contribution in [0.15, 0.2) is 48.7 Å². The van der Waals surface area contributed by atoms with Gasteiger partial charge in [-0.25, -0.2) is 4.39 Å². The van der Waals surface area contributed by atoms with E-state index in [9.17, 15) is 9.18 Å². The van der Waals surface area contributed by atoms with Gasteiger partial charge in [0.05, 0.1) is 17.1 Å². The van der Waals surface area contributed by atoms with E-state index in [0.29, 0.717) is 11.1 Å². The number of nitrogens with two attached hydrogens (primary N) is 1. The van der Waals surface area contributed by atoms with Crippen molar-refractivity contribution >= 4 is 22.5 Å². The molecular weight excluding hydrogens is 341 g/mol. The third-order valence-electron chi connectivity index (χ3n) is 4.77. The van der Waals surface area contributed by atoms with Gasteiger partial charge in [-0.05, 0) is 42.2 Å². The first-order chi connectivity index (χ1) is 13.0. The molecule has 0 aliphatic carbocycles. The molecule has 5 heteroatoms. The number of anilines is 1. The van der Waals surface area contributed by atoms with Gasteiger partial charge in [-0.3, -0.25) is 9.78 Å². The van der Waals surface area contributed by atoms with Gasteiger partial charge in [0, 0.05) is 17.3 Å². The summed E-state index contributed by atoms with van der Waals surface area (Å²) in [5, 5.41) is 4.44. The van der Waals surface area contributed by atoms with E-state index in [0.717, 1.165) is 41.5 Å². The van der Waals surface area contributed by atoms with Gasteiger partial charge >= 0.3 is 0 Å². The first kappa shape index (κ1) is 18.8. The van der Waals surface area contributed by atoms with E-state index < -0.39 is 5.91 Å². The Morgan fingerprint density at radius 3 is 2.67 bits per heavy atom. The number of pyridine rings is 1. The Labute approximate surface area is 158 Å². The van der Waals surface area contributed by atoms with Crippen molar-refractivity contribution in [2.45, 2.75) is 39.2 Å². The molecular formula is C22H24FN3O. The van der Waals surface area contributed by atoms with Crippen LogP contribution in [0.25, 0.3) is 10.9 Å². The van der Waals surface area contributed by atoms with Crippen molar-refractivity contribution in [2.24, 2.45) is 5.73 Å². The van der Waals surface area contributed by atoms with Crippen molar-refractivity contribution in [1.82, 2.24) is 4.98 Å². The van der Waals surface area contributed by atoms with E-state index in [4.69, 9.17) is 5.73 Å². The molecule has 2 aromatic carbocycles. The average molecular weight is 365 g/mol. The predicted octanol–water partition coefficient (Wildman–Crippen LogP) is 4.99. The summed E-state index contributed by atoms with van der Waals surface area (Å²) >= 11 is 0. The number of carbonyl (C=O) groups is 1. The molecule has 1 amide bonds. The van der Waals surface area contributed by atoms with Crippen LogP contribution < -0.4 is 11.1 Å². The monoisotopic (exact) mass is 365 g/mol. The van der Waals surface area contributed by atoms with Gasteiger partial charge in [0.25, 0.3) is 5.91 Å². The highest BCUT2D eigenvalue weighted by atomic mass is 19.1. The second kappa shape index (κ2) is 8.16. The number of halogens is 1. The van der Waals surface area contributed by atoms with Crippen molar-refractivity contribution in [2.75, 3.05) is 5.32 Å². The molecule has 1 atom stereocenters. The molecule has 0 fully saturated rings. The molecule has 1 heterocycles. The second-order valence-electron chi connectivity index (χ2n) is 6.62. The molecule has 0 aliphatic heterocycles. The van der Waals surface area contributed by atoms with Crippen LogP contribution in [-0.4, -0.2) is 10.9 Å². The van der Waals surface area contributed by atoms with Crippen molar-refractivity contribution < 1.29 is 9.18 Å². The highest BCUT2D eigenvalue weighted by molar-refractivity contribution is 6.08. The molecule has 4 nitrogen and oxygen atoms in total. The van der Waals surface area contributed by atoms with E-state index in [1.54, 1.807) is 24.4 Å². The minimum absolute atomic E-state index is 0.0427. The van der Waals surface area contributed by atoms with Gasteiger partial charge in [0.2, 0.25) is 0 Å². The number of nitrogens with zero attached hydrogens (tertiary/aromatic N) is 1. The molecule has 27 heavy (non-hydrogen) atoms. The number of benzene rings is 2. The Hall–Kier alpha value is -2.95. The molecule has 0 unspecified atom stereocenters. The lowest BCUT2D eigenvalue weighted by Crippen LogP contribution is -2.15. The van der Waals surface area contributed by atoms with Gasteiger partial charge in [-0.2, -0.15) is 0 Å². The van der Waals surface area contributed by atoms with Crippen molar-refractivity contribution in [1.29, 1.82) is 0 Å². The van der Waals surface area contributed by atoms with E-state index >= 15 is 0 Å². The topological polar surface area (TPSA) is 68.0 Å². The number of hydrogen-bond donors (Lipinski definition) is 2. The van der Waals surface area contributed by atoms with Gasteiger partial charge in [-0.1, -0.05) is 44.5 Å². The predicted molar refractivity (Wildman–Crippen MR) is 107 cm³/mol. The van der Waals surface area contributed by atoms with Crippen LogP contribution in [0.1, 0.15) is 54.2 Å². The fourth-order valence-electron chi connectivity index (χ4n) is 3.41. The maximum atomic E-state index is 13.8. The Morgan fingerprint density at radius 2 is 2.00 bits per heavy atom. The molecule has 0 saturated carbocycles. The van der Waals surface area contributed by atoms with Crippen LogP contribution in [0.4, 0.5) is 10.1 Å². The normalized spacial score (nSPS) is 12.1. The highest BCUT2D eigenvalue weighted by Gasteiger charge is 2.17. The SMILES string of the molecule is CCC[C@@H](Nc1c(CC)cnc2c(C(N)=O)cccc12)c1cccc(F)c1. The second-order valence-corrected chi connectivity index (χ2v) is 6.62. The molecule has 140 valence electrons. The number of aryl methyl sites for hydroxylation is 1. The summed E-state index contributed by atoms with van der Waals surface area (Å²) in [6.45, 7) is 4.16. The highest BCUT2D eigenvalue weighted by Crippen LogP contribution is 2.33. The molecule has 0 radical (unpaired) electrons. The van der Waals surface area contributed by atoms with Crippen molar-refractivity contribution in [3.05, 3.63) is 71.2 Å². The van der Waals surface area contributed by atoms with Crippen LogP contribution >= 0.6 is 0 Å². The number of fused-ring (bicyclic) bond motifs is 1. The molecule has 1 aromatic heterocycles. The Kier molecular flexibility index (Phi) is 5.69. The van der Waals surface area contributed by atoms with Gasteiger partial charge in [0.15, 0.2) is 0 Å². The van der Waals surface area contributed by atoms with Crippen LogP contribution in [0.5, 0.6) is 0 Å². The van der Waals surface area contributed by atoms with Crippen LogP contribution in [0, 0.1) is 5.82 Å². The van der Waals surface area contributed by atoms with Crippen LogP contribution in [-0.2, 0) is 6.42 Å². The standard InChI is InChI=1S/C22H24FN3O/c1-3-7-19(15-8-5-9-16(23)12-15)26-20-14(4-2)13-25-21-17(20)10-6-11-18(21)22(24)27/h5-6,8-13,19H,3-4,7H2,1-2H3,(H2,24,27)(H,25,26)/t19-/m1/s1. The van der Waals surface area contributed by atoms with Gasteiger partial charge in [-0.15, -0.1) is 0 Å². The summed E-state index contributed by atoms with van der Waals surface area (Å²) in [5.41, 5.74) is 9.36. The summed E-state index contributed by atoms with van der Waals surface area (Å²) < 4.78 is 13.8. The maximum Gasteiger partial charge on any atom is 0.250 e. The summed E-state index contributed by atoms with van der Waals surface area (Å²) in [4.78, 5) is 16.3. The lowest BCUT2D eigenvalue weighted by atomic mass is 9.99. The minimum Gasteiger partial charge on any atom is -0.377 e. The van der Waals surface area contributed by atoms with Crippen LogP contribution in [0.2, 0.25) is 0 Å². The largest absolute Gasteiger partial charge is 0.377 e. The van der Waals surface area contributed by atoms with Gasteiger partial charge < -0.3 is 11.1 Å². The van der Waals surface area contributed by atoms with Gasteiger partial charge in [0.1, 0.15) is 5.82 Å². The number of rotatable bonds is 7. The number of para-hydroxylation sites is 1.